The van der Waals surface area contributed by atoms with E-state index in [2.05, 4.69) is 45.0 Å². The number of nitrogens with one attached hydrogen (secondary N) is 2. The van der Waals surface area contributed by atoms with Gasteiger partial charge in [0.05, 0.1) is 16.9 Å². The number of ether oxygens (including phenoxy) is 2. The van der Waals surface area contributed by atoms with Crippen LogP contribution in [0.2, 0.25) is 0 Å². The number of anilines is 1. The summed E-state index contributed by atoms with van der Waals surface area (Å²) >= 11 is 2.14. The second-order valence-corrected chi connectivity index (χ2v) is 7.50. The fourth-order valence-corrected chi connectivity index (χ4v) is 3.20. The first-order valence-corrected chi connectivity index (χ1v) is 10.3. The normalized spacial score (nSPS) is 10.5. The third-order valence-corrected chi connectivity index (χ3v) is 4.72. The predicted molar refractivity (Wildman–Crippen MR) is 126 cm³/mol. The molecule has 0 spiro atoms. The van der Waals surface area contributed by atoms with Crippen LogP contribution >= 0.6 is 22.6 Å². The Labute approximate surface area is 189 Å². The fraction of sp³-hybridized carbons (Fsp3) is 0.227. The van der Waals surface area contributed by atoms with Crippen molar-refractivity contribution in [3.8, 4) is 11.5 Å². The predicted octanol–water partition coefficient (Wildman–Crippen LogP) is 4.04. The Bertz CT molecular complexity index is 927. The summed E-state index contributed by atoms with van der Waals surface area (Å²) in [6, 6.07) is 11.1. The van der Waals surface area contributed by atoms with E-state index in [9.17, 15) is 9.59 Å². The molecule has 2 aromatic carbocycles. The van der Waals surface area contributed by atoms with Crippen LogP contribution in [0.25, 0.3) is 0 Å². The number of aryl methyl sites for hydroxylation is 1. The summed E-state index contributed by atoms with van der Waals surface area (Å²) in [5.74, 6) is 0.605. The second kappa shape index (κ2) is 12.0. The number of hydrazone groups is 1. The summed E-state index contributed by atoms with van der Waals surface area (Å²) in [5.41, 5.74) is 4.97. The van der Waals surface area contributed by atoms with E-state index in [0.29, 0.717) is 23.8 Å². The minimum Gasteiger partial charge on any atom is -0.493 e. The number of nitrogens with zero attached hydrogens (tertiary/aromatic N) is 1. The zero-order valence-electron chi connectivity index (χ0n) is 16.9. The van der Waals surface area contributed by atoms with E-state index >= 15 is 0 Å². The standard InChI is InChI=1S/C22H24IN3O4/c1-4-11-30-22-18(23)12-16(13-19(22)29-3)14-24-26-21(28)10-9-20(27)25-17-7-5-15(2)6-8-17/h4-8,12-14H,1,9-11H2,2-3H3,(H,25,27)(H,26,28). The Balaban J connectivity index is 1.85. The Morgan fingerprint density at radius 1 is 1.17 bits per heavy atom. The maximum Gasteiger partial charge on any atom is 0.240 e. The van der Waals surface area contributed by atoms with Crippen LogP contribution in [-0.2, 0) is 9.59 Å². The van der Waals surface area contributed by atoms with Crippen molar-refractivity contribution in [1.29, 1.82) is 0 Å². The maximum absolute atomic E-state index is 11.9. The van der Waals surface area contributed by atoms with Crippen LogP contribution in [-0.4, -0.2) is 31.7 Å². The van der Waals surface area contributed by atoms with Crippen molar-refractivity contribution in [1.82, 2.24) is 5.43 Å². The van der Waals surface area contributed by atoms with Gasteiger partial charge in [-0.25, -0.2) is 5.43 Å². The average Bonchev–Trinajstić information content (AvgIpc) is 2.73. The molecule has 0 unspecified atom stereocenters. The van der Waals surface area contributed by atoms with Gasteiger partial charge in [-0.15, -0.1) is 0 Å². The van der Waals surface area contributed by atoms with Crippen LogP contribution in [0.3, 0.4) is 0 Å². The van der Waals surface area contributed by atoms with E-state index in [1.54, 1.807) is 19.3 Å². The largest absolute Gasteiger partial charge is 0.493 e. The molecule has 0 saturated carbocycles. The smallest absolute Gasteiger partial charge is 0.240 e. The van der Waals surface area contributed by atoms with Crippen molar-refractivity contribution in [2.24, 2.45) is 5.10 Å². The molecule has 2 aromatic rings. The highest BCUT2D eigenvalue weighted by Gasteiger charge is 2.11. The molecule has 2 rings (SSSR count). The average molecular weight is 521 g/mol. The van der Waals surface area contributed by atoms with E-state index in [1.165, 1.54) is 6.21 Å². The zero-order valence-corrected chi connectivity index (χ0v) is 19.1. The summed E-state index contributed by atoms with van der Waals surface area (Å²) < 4.78 is 11.8. The zero-order chi connectivity index (χ0) is 21.9. The SMILES string of the molecule is C=CCOc1c(I)cc(C=NNC(=O)CCC(=O)Nc2ccc(C)cc2)cc1OC. The molecule has 0 saturated heterocycles. The topological polar surface area (TPSA) is 89.0 Å². The monoisotopic (exact) mass is 521 g/mol. The Hall–Kier alpha value is -2.88. The van der Waals surface area contributed by atoms with Gasteiger partial charge < -0.3 is 14.8 Å². The molecular formula is C22H24IN3O4. The number of methoxy groups -OCH3 is 1. The van der Waals surface area contributed by atoms with E-state index in [-0.39, 0.29) is 24.7 Å². The molecule has 2 amide bonds. The van der Waals surface area contributed by atoms with Crippen molar-refractivity contribution in [2.75, 3.05) is 19.0 Å². The van der Waals surface area contributed by atoms with Crippen LogP contribution in [0.4, 0.5) is 5.69 Å². The van der Waals surface area contributed by atoms with Gasteiger partial charge in [0, 0.05) is 18.5 Å². The van der Waals surface area contributed by atoms with Crippen molar-refractivity contribution < 1.29 is 19.1 Å². The van der Waals surface area contributed by atoms with Gasteiger partial charge in [0.25, 0.3) is 0 Å². The van der Waals surface area contributed by atoms with Gasteiger partial charge in [0.15, 0.2) is 11.5 Å². The lowest BCUT2D eigenvalue weighted by atomic mass is 10.2. The van der Waals surface area contributed by atoms with E-state index in [4.69, 9.17) is 9.47 Å². The highest BCUT2D eigenvalue weighted by molar-refractivity contribution is 14.1. The Morgan fingerprint density at radius 3 is 2.53 bits per heavy atom. The lowest BCUT2D eigenvalue weighted by Crippen LogP contribution is -2.20. The van der Waals surface area contributed by atoms with Gasteiger partial charge >= 0.3 is 0 Å². The highest BCUT2D eigenvalue weighted by atomic mass is 127. The molecular weight excluding hydrogens is 497 g/mol. The molecule has 0 aromatic heterocycles. The second-order valence-electron chi connectivity index (χ2n) is 6.34. The molecule has 0 atom stereocenters. The summed E-state index contributed by atoms with van der Waals surface area (Å²) in [6.07, 6.45) is 3.26. The minimum atomic E-state index is -0.349. The number of hydrogen-bond donors (Lipinski definition) is 2. The number of halogens is 1. The molecule has 2 N–H and O–H groups in total. The van der Waals surface area contributed by atoms with Gasteiger partial charge in [0.1, 0.15) is 6.61 Å². The molecule has 0 radical (unpaired) electrons. The lowest BCUT2D eigenvalue weighted by molar-refractivity contribution is -0.124. The van der Waals surface area contributed by atoms with Crippen LogP contribution in [0.5, 0.6) is 11.5 Å². The molecule has 7 nitrogen and oxygen atoms in total. The maximum atomic E-state index is 11.9. The van der Waals surface area contributed by atoms with E-state index < -0.39 is 0 Å². The molecule has 30 heavy (non-hydrogen) atoms. The number of benzene rings is 2. The lowest BCUT2D eigenvalue weighted by Gasteiger charge is -2.12. The molecule has 8 heteroatoms. The van der Waals surface area contributed by atoms with Crippen LogP contribution in [0.15, 0.2) is 54.2 Å². The van der Waals surface area contributed by atoms with Crippen LogP contribution < -0.4 is 20.2 Å². The van der Waals surface area contributed by atoms with Crippen LogP contribution in [0, 0.1) is 10.5 Å². The number of carbonyl (C=O) groups is 2. The van der Waals surface area contributed by atoms with Gasteiger partial charge in [-0.2, -0.15) is 5.10 Å². The summed E-state index contributed by atoms with van der Waals surface area (Å²) in [4.78, 5) is 23.9. The van der Waals surface area contributed by atoms with Crippen LogP contribution in [0.1, 0.15) is 24.0 Å². The molecule has 0 bridgehead atoms. The molecule has 0 heterocycles. The summed E-state index contributed by atoms with van der Waals surface area (Å²) in [7, 11) is 1.55. The first kappa shape index (κ1) is 23.4. The number of rotatable bonds is 10. The summed E-state index contributed by atoms with van der Waals surface area (Å²) in [5, 5.41) is 6.70. The Morgan fingerprint density at radius 2 is 1.87 bits per heavy atom. The first-order chi connectivity index (χ1) is 14.4. The van der Waals surface area contributed by atoms with Crippen molar-refractivity contribution >= 4 is 46.3 Å². The van der Waals surface area contributed by atoms with Crippen molar-refractivity contribution in [2.45, 2.75) is 19.8 Å². The molecule has 0 aliphatic rings. The number of hydrogen-bond acceptors (Lipinski definition) is 5. The third kappa shape index (κ3) is 7.51. The van der Waals surface area contributed by atoms with Crippen molar-refractivity contribution in [3.05, 3.63) is 63.8 Å². The Kier molecular flexibility index (Phi) is 9.33. The van der Waals surface area contributed by atoms with Gasteiger partial charge in [-0.3, -0.25) is 9.59 Å². The fourth-order valence-electron chi connectivity index (χ4n) is 2.42. The third-order valence-electron chi connectivity index (χ3n) is 3.91. The molecule has 0 aliphatic carbocycles. The molecule has 0 aliphatic heterocycles. The van der Waals surface area contributed by atoms with Gasteiger partial charge in [0.2, 0.25) is 11.8 Å². The minimum absolute atomic E-state index is 0.0320. The highest BCUT2D eigenvalue weighted by Crippen LogP contribution is 2.33. The van der Waals surface area contributed by atoms with E-state index in [0.717, 1.165) is 14.7 Å². The van der Waals surface area contributed by atoms with Crippen molar-refractivity contribution in [3.63, 3.8) is 0 Å². The molecule has 0 fully saturated rings. The summed E-state index contributed by atoms with van der Waals surface area (Å²) in [6.45, 7) is 5.97. The van der Waals surface area contributed by atoms with Gasteiger partial charge in [-0.05, 0) is 59.3 Å². The number of amides is 2. The van der Waals surface area contributed by atoms with Gasteiger partial charge in [-0.1, -0.05) is 30.4 Å². The quantitative estimate of drug-likeness (QED) is 0.214. The first-order valence-electron chi connectivity index (χ1n) is 9.22. The molecule has 158 valence electrons. The number of carbonyl (C=O) groups excluding carboxylic acids is 2. The van der Waals surface area contributed by atoms with E-state index in [1.807, 2.05) is 37.3 Å².